The molecule has 1 amide bonds. The van der Waals surface area contributed by atoms with Crippen LogP contribution in [0.4, 0.5) is 0 Å². The molecule has 1 aromatic carbocycles. The number of hydrogen-bond acceptors (Lipinski definition) is 3. The highest BCUT2D eigenvalue weighted by Gasteiger charge is 2.29. The van der Waals surface area contributed by atoms with E-state index in [1.807, 2.05) is 45.0 Å². The van der Waals surface area contributed by atoms with Crippen LogP contribution in [-0.2, 0) is 11.2 Å². The minimum atomic E-state index is -0.515. The fourth-order valence-electron chi connectivity index (χ4n) is 2.58. The van der Waals surface area contributed by atoms with Gasteiger partial charge in [0.05, 0.1) is 13.2 Å². The first-order valence-corrected chi connectivity index (χ1v) is 7.84. The molecule has 1 aromatic rings. The van der Waals surface area contributed by atoms with Gasteiger partial charge in [-0.25, -0.2) is 0 Å². The molecule has 0 saturated carbocycles. The van der Waals surface area contributed by atoms with Gasteiger partial charge < -0.3 is 15.2 Å². The molecule has 22 heavy (non-hydrogen) atoms. The minimum Gasteiger partial charge on any atom is -0.496 e. The Kier molecular flexibility index (Phi) is 6.88. The zero-order chi connectivity index (χ0) is 16.8. The van der Waals surface area contributed by atoms with E-state index in [1.54, 1.807) is 14.0 Å². The topological polar surface area (TPSA) is 58.6 Å². The summed E-state index contributed by atoms with van der Waals surface area (Å²) < 4.78 is 5.35. The molecule has 4 nitrogen and oxygen atoms in total. The van der Waals surface area contributed by atoms with Gasteiger partial charge >= 0.3 is 0 Å². The van der Waals surface area contributed by atoms with E-state index in [1.165, 1.54) is 0 Å². The third kappa shape index (κ3) is 5.68. The molecule has 0 aliphatic heterocycles. The largest absolute Gasteiger partial charge is 0.496 e. The average molecular weight is 307 g/mol. The molecule has 0 aromatic heterocycles. The van der Waals surface area contributed by atoms with Crippen molar-refractivity contribution in [2.24, 2.45) is 11.3 Å². The number of para-hydroxylation sites is 1. The lowest BCUT2D eigenvalue weighted by atomic mass is 9.84. The predicted molar refractivity (Wildman–Crippen MR) is 89.0 cm³/mol. The van der Waals surface area contributed by atoms with Crippen LogP contribution in [0.3, 0.4) is 0 Å². The summed E-state index contributed by atoms with van der Waals surface area (Å²) in [6.45, 7) is 8.26. The SMILES string of the molecule is COc1ccccc1CC(C)(C)C(=O)NCC(C)CC(C)O. The molecule has 2 unspecified atom stereocenters. The number of rotatable bonds is 8. The zero-order valence-electron chi connectivity index (χ0n) is 14.3. The first-order valence-electron chi connectivity index (χ1n) is 7.84. The Morgan fingerprint density at radius 2 is 1.95 bits per heavy atom. The monoisotopic (exact) mass is 307 g/mol. The maximum Gasteiger partial charge on any atom is 0.226 e. The summed E-state index contributed by atoms with van der Waals surface area (Å²) in [5.41, 5.74) is 0.515. The number of aliphatic hydroxyl groups is 1. The molecular formula is C18H29NO3. The highest BCUT2D eigenvalue weighted by molar-refractivity contribution is 5.82. The van der Waals surface area contributed by atoms with E-state index in [2.05, 4.69) is 5.32 Å². The molecule has 0 radical (unpaired) electrons. The van der Waals surface area contributed by atoms with Crippen LogP contribution >= 0.6 is 0 Å². The van der Waals surface area contributed by atoms with Crippen LogP contribution in [0.25, 0.3) is 0 Å². The van der Waals surface area contributed by atoms with Crippen LogP contribution in [-0.4, -0.2) is 30.8 Å². The highest BCUT2D eigenvalue weighted by atomic mass is 16.5. The number of amides is 1. The van der Waals surface area contributed by atoms with Crippen molar-refractivity contribution in [3.63, 3.8) is 0 Å². The Morgan fingerprint density at radius 3 is 2.55 bits per heavy atom. The summed E-state index contributed by atoms with van der Waals surface area (Å²) in [6.07, 6.45) is 0.967. The van der Waals surface area contributed by atoms with Gasteiger partial charge in [0, 0.05) is 12.0 Å². The fourth-order valence-corrected chi connectivity index (χ4v) is 2.58. The second-order valence-corrected chi connectivity index (χ2v) is 6.77. The predicted octanol–water partition coefficient (Wildman–Crippen LogP) is 2.79. The maximum absolute atomic E-state index is 12.4. The summed E-state index contributed by atoms with van der Waals surface area (Å²) >= 11 is 0. The molecule has 0 bridgehead atoms. The van der Waals surface area contributed by atoms with Gasteiger partial charge in [-0.15, -0.1) is 0 Å². The standard InChI is InChI=1S/C18H29NO3/c1-13(10-14(2)20)12-19-17(21)18(3,4)11-15-8-6-7-9-16(15)22-5/h6-9,13-14,20H,10-12H2,1-5H3,(H,19,21). The van der Waals surface area contributed by atoms with Crippen molar-refractivity contribution in [1.29, 1.82) is 0 Å². The second kappa shape index (κ2) is 8.18. The molecule has 2 N–H and O–H groups in total. The molecule has 0 aliphatic carbocycles. The third-order valence-corrected chi connectivity index (χ3v) is 3.79. The number of aliphatic hydroxyl groups excluding tert-OH is 1. The molecule has 124 valence electrons. The van der Waals surface area contributed by atoms with Crippen LogP contribution in [0, 0.1) is 11.3 Å². The summed E-state index contributed by atoms with van der Waals surface area (Å²) in [5, 5.41) is 12.4. The molecule has 0 heterocycles. The quantitative estimate of drug-likeness (QED) is 0.776. The lowest BCUT2D eigenvalue weighted by molar-refractivity contribution is -0.129. The van der Waals surface area contributed by atoms with E-state index in [-0.39, 0.29) is 17.9 Å². The minimum absolute atomic E-state index is 0.0239. The van der Waals surface area contributed by atoms with Crippen molar-refractivity contribution in [3.8, 4) is 5.75 Å². The van der Waals surface area contributed by atoms with E-state index in [9.17, 15) is 9.90 Å². The molecular weight excluding hydrogens is 278 g/mol. The first-order chi connectivity index (χ1) is 10.3. The van der Waals surface area contributed by atoms with Gasteiger partial charge in [-0.3, -0.25) is 4.79 Å². The lowest BCUT2D eigenvalue weighted by Gasteiger charge is -2.25. The van der Waals surface area contributed by atoms with Gasteiger partial charge in [0.15, 0.2) is 0 Å². The first kappa shape index (κ1) is 18.5. The van der Waals surface area contributed by atoms with Gasteiger partial charge in [-0.1, -0.05) is 39.0 Å². The summed E-state index contributed by atoms with van der Waals surface area (Å²) in [5.74, 6) is 1.09. The van der Waals surface area contributed by atoms with E-state index in [4.69, 9.17) is 4.74 Å². The Bertz CT molecular complexity index is 483. The number of methoxy groups -OCH3 is 1. The van der Waals surface area contributed by atoms with Crippen molar-refractivity contribution in [2.75, 3.05) is 13.7 Å². The second-order valence-electron chi connectivity index (χ2n) is 6.77. The Morgan fingerprint density at radius 1 is 1.32 bits per heavy atom. The average Bonchev–Trinajstić information content (AvgIpc) is 2.44. The Hall–Kier alpha value is -1.55. The molecule has 0 saturated heterocycles. The molecule has 0 aliphatic rings. The van der Waals surface area contributed by atoms with Gasteiger partial charge in [-0.2, -0.15) is 0 Å². The normalized spacial score (nSPS) is 14.3. The Balaban J connectivity index is 2.63. The summed E-state index contributed by atoms with van der Waals surface area (Å²) in [4.78, 5) is 12.4. The van der Waals surface area contributed by atoms with Crippen molar-refractivity contribution in [3.05, 3.63) is 29.8 Å². The number of nitrogens with one attached hydrogen (secondary N) is 1. The van der Waals surface area contributed by atoms with Crippen LogP contribution in [0.1, 0.15) is 39.7 Å². The highest BCUT2D eigenvalue weighted by Crippen LogP contribution is 2.28. The van der Waals surface area contributed by atoms with E-state index < -0.39 is 5.41 Å². The third-order valence-electron chi connectivity index (χ3n) is 3.79. The van der Waals surface area contributed by atoms with Crippen molar-refractivity contribution < 1.29 is 14.6 Å². The van der Waals surface area contributed by atoms with Crippen LogP contribution in [0.15, 0.2) is 24.3 Å². The molecule has 0 spiro atoms. The molecule has 2 atom stereocenters. The maximum atomic E-state index is 12.4. The summed E-state index contributed by atoms with van der Waals surface area (Å²) in [6, 6.07) is 7.78. The van der Waals surface area contributed by atoms with Gasteiger partial charge in [0.25, 0.3) is 0 Å². The van der Waals surface area contributed by atoms with Crippen LogP contribution in [0.2, 0.25) is 0 Å². The number of hydrogen-bond donors (Lipinski definition) is 2. The van der Waals surface area contributed by atoms with E-state index >= 15 is 0 Å². The van der Waals surface area contributed by atoms with Crippen LogP contribution < -0.4 is 10.1 Å². The van der Waals surface area contributed by atoms with Gasteiger partial charge in [-0.05, 0) is 37.3 Å². The van der Waals surface area contributed by atoms with Crippen molar-refractivity contribution in [1.82, 2.24) is 5.32 Å². The molecule has 1 rings (SSSR count). The van der Waals surface area contributed by atoms with Gasteiger partial charge in [0.1, 0.15) is 5.75 Å². The molecule has 0 fully saturated rings. The Labute approximate surface area is 133 Å². The van der Waals surface area contributed by atoms with E-state index in [0.717, 1.165) is 11.3 Å². The number of carbonyl (C=O) groups is 1. The molecule has 4 heteroatoms. The fraction of sp³-hybridized carbons (Fsp3) is 0.611. The van der Waals surface area contributed by atoms with Crippen LogP contribution in [0.5, 0.6) is 5.75 Å². The van der Waals surface area contributed by atoms with Crippen molar-refractivity contribution >= 4 is 5.91 Å². The lowest BCUT2D eigenvalue weighted by Crippen LogP contribution is -2.40. The van der Waals surface area contributed by atoms with E-state index in [0.29, 0.717) is 19.4 Å². The number of benzene rings is 1. The summed E-state index contributed by atoms with van der Waals surface area (Å²) in [7, 11) is 1.64. The number of ether oxygens (including phenoxy) is 1. The number of carbonyl (C=O) groups excluding carboxylic acids is 1. The smallest absolute Gasteiger partial charge is 0.226 e. The van der Waals surface area contributed by atoms with Crippen molar-refractivity contribution in [2.45, 2.75) is 46.6 Å². The zero-order valence-corrected chi connectivity index (χ0v) is 14.3. The van der Waals surface area contributed by atoms with Gasteiger partial charge in [0.2, 0.25) is 5.91 Å².